The Morgan fingerprint density at radius 3 is 2.96 bits per heavy atom. The molecule has 0 saturated carbocycles. The smallest absolute Gasteiger partial charge is 0.231 e. The van der Waals surface area contributed by atoms with Crippen LogP contribution in [0.3, 0.4) is 0 Å². The molecule has 27 heavy (non-hydrogen) atoms. The zero-order chi connectivity index (χ0) is 18.8. The third kappa shape index (κ3) is 4.01. The van der Waals surface area contributed by atoms with E-state index in [0.717, 1.165) is 44.6 Å². The Balaban J connectivity index is 1.38. The molecule has 4 rings (SSSR count). The van der Waals surface area contributed by atoms with Crippen LogP contribution in [0.25, 0.3) is 10.2 Å². The minimum Gasteiger partial charge on any atom is -0.454 e. The first-order valence-electron chi connectivity index (χ1n) is 8.67. The minimum atomic E-state index is -0.0342. The van der Waals surface area contributed by atoms with Crippen LogP contribution >= 0.6 is 23.1 Å². The Kier molecular flexibility index (Phi) is 5.18. The van der Waals surface area contributed by atoms with Gasteiger partial charge in [0.25, 0.3) is 0 Å². The topological polar surface area (TPSA) is 73.3 Å². The number of thioether (sulfide) groups is 1. The van der Waals surface area contributed by atoms with Crippen molar-refractivity contribution in [3.8, 4) is 11.5 Å². The fourth-order valence-electron chi connectivity index (χ4n) is 2.77. The number of amides is 1. The summed E-state index contributed by atoms with van der Waals surface area (Å²) in [6, 6.07) is 7.81. The molecule has 1 aliphatic heterocycles. The highest BCUT2D eigenvalue weighted by molar-refractivity contribution is 8.00. The predicted molar refractivity (Wildman–Crippen MR) is 107 cm³/mol. The number of hydrogen-bond donors (Lipinski definition) is 1. The number of fused-ring (bicyclic) bond motifs is 2. The molecule has 0 radical (unpaired) electrons. The maximum Gasteiger partial charge on any atom is 0.231 e. The summed E-state index contributed by atoms with van der Waals surface area (Å²) >= 11 is 3.14. The van der Waals surface area contributed by atoms with Crippen LogP contribution in [-0.2, 0) is 17.8 Å². The second kappa shape index (κ2) is 7.74. The fourth-order valence-corrected chi connectivity index (χ4v) is 4.72. The molecular formula is C19H19N3O3S2. The molecule has 1 aliphatic rings. The molecule has 0 spiro atoms. The number of carbonyl (C=O) groups is 1. The molecule has 0 bridgehead atoms. The normalized spacial score (nSPS) is 12.5. The highest BCUT2D eigenvalue weighted by Crippen LogP contribution is 2.33. The van der Waals surface area contributed by atoms with Crippen LogP contribution in [0.4, 0.5) is 0 Å². The first kappa shape index (κ1) is 18.1. The second-order valence-corrected chi connectivity index (χ2v) is 8.19. The Morgan fingerprint density at radius 1 is 1.26 bits per heavy atom. The van der Waals surface area contributed by atoms with Gasteiger partial charge in [-0.2, -0.15) is 0 Å². The van der Waals surface area contributed by atoms with Crippen LogP contribution in [0.2, 0.25) is 0 Å². The molecular weight excluding hydrogens is 382 g/mol. The van der Waals surface area contributed by atoms with Crippen molar-refractivity contribution in [1.29, 1.82) is 0 Å². The summed E-state index contributed by atoms with van der Waals surface area (Å²) in [5.41, 5.74) is 0.975. The molecule has 2 aromatic heterocycles. The predicted octanol–water partition coefficient (Wildman–Crippen LogP) is 3.70. The third-order valence-corrected chi connectivity index (χ3v) is 6.30. The summed E-state index contributed by atoms with van der Waals surface area (Å²) in [4.78, 5) is 23.6. The van der Waals surface area contributed by atoms with Gasteiger partial charge in [0.2, 0.25) is 12.7 Å². The van der Waals surface area contributed by atoms with Gasteiger partial charge in [-0.05, 0) is 37.1 Å². The summed E-state index contributed by atoms with van der Waals surface area (Å²) in [7, 11) is 0. The zero-order valence-corrected chi connectivity index (χ0v) is 16.7. The van der Waals surface area contributed by atoms with Crippen molar-refractivity contribution in [1.82, 2.24) is 15.3 Å². The van der Waals surface area contributed by atoms with E-state index in [1.54, 1.807) is 11.3 Å². The Morgan fingerprint density at radius 2 is 2.11 bits per heavy atom. The minimum absolute atomic E-state index is 0.0342. The molecule has 0 unspecified atom stereocenters. The van der Waals surface area contributed by atoms with Crippen LogP contribution in [0.5, 0.6) is 11.5 Å². The van der Waals surface area contributed by atoms with Crippen molar-refractivity contribution < 1.29 is 14.3 Å². The molecule has 0 fully saturated rings. The van der Waals surface area contributed by atoms with Crippen molar-refractivity contribution in [2.75, 3.05) is 12.5 Å². The first-order valence-corrected chi connectivity index (χ1v) is 10.5. The van der Waals surface area contributed by atoms with E-state index in [-0.39, 0.29) is 12.7 Å². The van der Waals surface area contributed by atoms with Crippen molar-refractivity contribution in [2.24, 2.45) is 0 Å². The highest BCUT2D eigenvalue weighted by Gasteiger charge is 2.14. The van der Waals surface area contributed by atoms with E-state index in [9.17, 15) is 4.79 Å². The molecule has 0 aliphatic carbocycles. The molecule has 8 heteroatoms. The van der Waals surface area contributed by atoms with Crippen molar-refractivity contribution in [3.05, 3.63) is 40.5 Å². The number of thiophene rings is 1. The summed E-state index contributed by atoms with van der Waals surface area (Å²) in [6.45, 7) is 4.71. The number of aryl methyl sites for hydroxylation is 2. The lowest BCUT2D eigenvalue weighted by Crippen LogP contribution is -2.24. The molecule has 1 amide bonds. The molecule has 140 valence electrons. The number of hydrogen-bond acceptors (Lipinski definition) is 7. The van der Waals surface area contributed by atoms with Gasteiger partial charge in [-0.3, -0.25) is 4.79 Å². The lowest BCUT2D eigenvalue weighted by Gasteiger charge is -2.07. The largest absolute Gasteiger partial charge is 0.454 e. The molecule has 1 N–H and O–H groups in total. The van der Waals surface area contributed by atoms with Gasteiger partial charge in [0, 0.05) is 16.8 Å². The Labute approximate surface area is 165 Å². The van der Waals surface area contributed by atoms with E-state index < -0.39 is 0 Å². The maximum atomic E-state index is 12.3. The number of ether oxygens (including phenoxy) is 2. The van der Waals surface area contributed by atoms with E-state index in [4.69, 9.17) is 9.47 Å². The van der Waals surface area contributed by atoms with Crippen LogP contribution in [0.1, 0.15) is 23.2 Å². The van der Waals surface area contributed by atoms with Gasteiger partial charge < -0.3 is 14.8 Å². The van der Waals surface area contributed by atoms with Gasteiger partial charge in [-0.1, -0.05) is 24.8 Å². The van der Waals surface area contributed by atoms with E-state index in [1.165, 1.54) is 16.6 Å². The lowest BCUT2D eigenvalue weighted by atomic mass is 10.2. The number of rotatable bonds is 6. The van der Waals surface area contributed by atoms with Gasteiger partial charge in [0.1, 0.15) is 15.7 Å². The molecule has 3 aromatic rings. The summed E-state index contributed by atoms with van der Waals surface area (Å²) < 4.78 is 10.7. The van der Waals surface area contributed by atoms with E-state index in [0.29, 0.717) is 12.3 Å². The number of nitrogens with one attached hydrogen (secondary N) is 1. The van der Waals surface area contributed by atoms with Gasteiger partial charge >= 0.3 is 0 Å². The Hall–Kier alpha value is -2.32. The fraction of sp³-hybridized carbons (Fsp3) is 0.316. The zero-order valence-electron chi connectivity index (χ0n) is 15.1. The number of carbonyl (C=O) groups excluding carboxylic acids is 1. The monoisotopic (exact) mass is 401 g/mol. The lowest BCUT2D eigenvalue weighted by molar-refractivity contribution is -0.118. The summed E-state index contributed by atoms with van der Waals surface area (Å²) in [5, 5.41) is 4.85. The SMILES string of the molecule is CCc1cc2c(SCC(=O)NCc3ccc4c(c3)OCO4)nc(C)nc2s1. The van der Waals surface area contributed by atoms with Crippen molar-refractivity contribution >= 4 is 39.2 Å². The quantitative estimate of drug-likeness (QED) is 0.502. The van der Waals surface area contributed by atoms with E-state index in [1.807, 2.05) is 25.1 Å². The van der Waals surface area contributed by atoms with Gasteiger partial charge in [-0.25, -0.2) is 9.97 Å². The highest BCUT2D eigenvalue weighted by atomic mass is 32.2. The van der Waals surface area contributed by atoms with Crippen LogP contribution in [-0.4, -0.2) is 28.4 Å². The molecule has 3 heterocycles. The third-order valence-electron chi connectivity index (χ3n) is 4.14. The molecule has 0 atom stereocenters. The standard InChI is InChI=1S/C19H19N3O3S2/c1-3-13-7-14-18(21-11(2)22-19(14)27-13)26-9-17(23)20-8-12-4-5-15-16(6-12)25-10-24-15/h4-7H,3,8-10H2,1-2H3,(H,20,23). The second-order valence-electron chi connectivity index (χ2n) is 6.11. The van der Waals surface area contributed by atoms with Crippen LogP contribution < -0.4 is 14.8 Å². The van der Waals surface area contributed by atoms with Gasteiger partial charge in [-0.15, -0.1) is 11.3 Å². The average molecular weight is 402 g/mol. The molecule has 1 aromatic carbocycles. The van der Waals surface area contributed by atoms with Crippen molar-refractivity contribution in [2.45, 2.75) is 31.8 Å². The molecule has 0 saturated heterocycles. The average Bonchev–Trinajstić information content (AvgIpc) is 3.30. The van der Waals surface area contributed by atoms with Gasteiger partial charge in [0.05, 0.1) is 5.75 Å². The van der Waals surface area contributed by atoms with Gasteiger partial charge in [0.15, 0.2) is 11.5 Å². The first-order chi connectivity index (χ1) is 13.1. The summed E-state index contributed by atoms with van der Waals surface area (Å²) in [6.07, 6.45) is 0.972. The maximum absolute atomic E-state index is 12.3. The number of nitrogens with zero attached hydrogens (tertiary/aromatic N) is 2. The number of aromatic nitrogens is 2. The number of benzene rings is 1. The Bertz CT molecular complexity index is 1000. The van der Waals surface area contributed by atoms with E-state index in [2.05, 4.69) is 28.3 Å². The van der Waals surface area contributed by atoms with E-state index >= 15 is 0 Å². The van der Waals surface area contributed by atoms with Crippen LogP contribution in [0.15, 0.2) is 29.3 Å². The summed E-state index contributed by atoms with van der Waals surface area (Å²) in [5.74, 6) is 2.47. The van der Waals surface area contributed by atoms with Crippen LogP contribution in [0, 0.1) is 6.92 Å². The van der Waals surface area contributed by atoms with Crippen molar-refractivity contribution in [3.63, 3.8) is 0 Å². The molecule has 6 nitrogen and oxygen atoms in total.